The van der Waals surface area contributed by atoms with Crippen LogP contribution in [-0.4, -0.2) is 11.5 Å². The third-order valence-electron chi connectivity index (χ3n) is 8.37. The normalized spacial score (nSPS) is 14.6. The summed E-state index contributed by atoms with van der Waals surface area (Å²) in [4.78, 5) is 0. The number of benzene rings is 6. The molecule has 0 fully saturated rings. The van der Waals surface area contributed by atoms with Crippen LogP contribution in [0.5, 0.6) is 0 Å². The Hall–Kier alpha value is -3.81. The molecular formula is C38H34S. The van der Waals surface area contributed by atoms with Crippen LogP contribution >= 0.6 is 11.8 Å². The lowest BCUT2D eigenvalue weighted by molar-refractivity contribution is 0.642. The van der Waals surface area contributed by atoms with Gasteiger partial charge in [0.2, 0.25) is 0 Å². The second-order valence-electron chi connectivity index (χ2n) is 10.9. The van der Waals surface area contributed by atoms with Crippen molar-refractivity contribution in [1.82, 2.24) is 0 Å². The summed E-state index contributed by atoms with van der Waals surface area (Å²) in [5.74, 6) is 1.97. The zero-order valence-corrected chi connectivity index (χ0v) is 23.5. The van der Waals surface area contributed by atoms with E-state index in [9.17, 15) is 0 Å². The van der Waals surface area contributed by atoms with E-state index in [2.05, 4.69) is 171 Å². The van der Waals surface area contributed by atoms with Crippen LogP contribution in [-0.2, 0) is 10.8 Å². The number of thioether (sulfide) groups is 1. The summed E-state index contributed by atoms with van der Waals surface area (Å²) in [5.41, 5.74) is 5.24. The van der Waals surface area contributed by atoms with E-state index in [0.717, 1.165) is 11.5 Å². The number of hydrogen-bond acceptors (Lipinski definition) is 1. The van der Waals surface area contributed by atoms with Gasteiger partial charge in [-0.1, -0.05) is 159 Å². The fraction of sp³-hybridized carbons (Fsp3) is 0.158. The first kappa shape index (κ1) is 25.5. The highest BCUT2D eigenvalue weighted by Crippen LogP contribution is 2.43. The summed E-state index contributed by atoms with van der Waals surface area (Å²) >= 11 is 2.06. The van der Waals surface area contributed by atoms with Crippen LogP contribution in [0.4, 0.5) is 0 Å². The third kappa shape index (κ3) is 4.77. The predicted molar refractivity (Wildman–Crippen MR) is 171 cm³/mol. The average Bonchev–Trinajstić information content (AvgIpc) is 3.01. The molecule has 0 amide bonds. The van der Waals surface area contributed by atoms with Gasteiger partial charge in [-0.2, -0.15) is 11.8 Å². The maximum atomic E-state index is 2.43. The lowest BCUT2D eigenvalue weighted by Crippen LogP contribution is -2.31. The van der Waals surface area contributed by atoms with Gasteiger partial charge in [0, 0.05) is 22.3 Å². The fourth-order valence-corrected chi connectivity index (χ4v) is 7.68. The van der Waals surface area contributed by atoms with Gasteiger partial charge < -0.3 is 0 Å². The fourth-order valence-electron chi connectivity index (χ4n) is 6.12. The van der Waals surface area contributed by atoms with E-state index in [1.165, 1.54) is 43.8 Å². The molecule has 2 atom stereocenters. The first-order valence-electron chi connectivity index (χ1n) is 13.7. The van der Waals surface area contributed by atoms with Crippen LogP contribution in [0.2, 0.25) is 0 Å². The van der Waals surface area contributed by atoms with E-state index < -0.39 is 0 Å². The van der Waals surface area contributed by atoms with Gasteiger partial charge in [0.1, 0.15) is 0 Å². The van der Waals surface area contributed by atoms with Crippen LogP contribution in [0, 0.1) is 0 Å². The van der Waals surface area contributed by atoms with E-state index in [0.29, 0.717) is 0 Å². The Morgan fingerprint density at radius 1 is 0.410 bits per heavy atom. The van der Waals surface area contributed by atoms with Crippen LogP contribution < -0.4 is 0 Å². The molecular weight excluding hydrogens is 488 g/mol. The molecule has 0 saturated carbocycles. The molecule has 2 unspecified atom stereocenters. The van der Waals surface area contributed by atoms with Gasteiger partial charge >= 0.3 is 0 Å². The van der Waals surface area contributed by atoms with E-state index in [1.54, 1.807) is 0 Å². The summed E-state index contributed by atoms with van der Waals surface area (Å²) in [7, 11) is 0. The molecule has 0 aliphatic carbocycles. The van der Waals surface area contributed by atoms with E-state index in [-0.39, 0.29) is 10.8 Å². The Bertz CT molecular complexity index is 1570. The highest BCUT2D eigenvalue weighted by atomic mass is 32.2. The minimum Gasteiger partial charge on any atom is -0.159 e. The molecule has 6 aromatic rings. The second-order valence-corrected chi connectivity index (χ2v) is 11.9. The zero-order chi connectivity index (χ0) is 26.7. The van der Waals surface area contributed by atoms with Crippen molar-refractivity contribution >= 4 is 33.3 Å². The Labute approximate surface area is 236 Å². The maximum absolute atomic E-state index is 2.43. The monoisotopic (exact) mass is 522 g/mol. The summed E-state index contributed by atoms with van der Waals surface area (Å²) in [5, 5.41) is 5.28. The molecule has 6 rings (SSSR count). The minimum atomic E-state index is -0.136. The summed E-state index contributed by atoms with van der Waals surface area (Å²) in [6.07, 6.45) is 0. The smallest absolute Gasteiger partial charge is 0.0271 e. The van der Waals surface area contributed by atoms with Gasteiger partial charge in [-0.25, -0.2) is 0 Å². The lowest BCUT2D eigenvalue weighted by Gasteiger charge is -2.36. The maximum Gasteiger partial charge on any atom is 0.0271 e. The van der Waals surface area contributed by atoms with Crippen molar-refractivity contribution in [3.05, 3.63) is 168 Å². The summed E-state index contributed by atoms with van der Waals surface area (Å²) in [6, 6.07) is 53.3. The molecule has 192 valence electrons. The Morgan fingerprint density at radius 3 is 1.21 bits per heavy atom. The Kier molecular flexibility index (Phi) is 7.02. The molecule has 1 heteroatoms. The molecule has 0 spiro atoms. The van der Waals surface area contributed by atoms with Crippen molar-refractivity contribution < 1.29 is 0 Å². The Morgan fingerprint density at radius 2 is 0.769 bits per heavy atom. The topological polar surface area (TPSA) is 0 Å². The first-order valence-corrected chi connectivity index (χ1v) is 14.9. The summed E-state index contributed by atoms with van der Waals surface area (Å²) < 4.78 is 0. The SMILES string of the molecule is CC(CSCC(C)(c1ccccc1)c1cccc2ccccc12)(c1ccccc1)c1cccc2ccccc12. The number of rotatable bonds is 8. The molecule has 0 aliphatic rings. The molecule has 0 bridgehead atoms. The van der Waals surface area contributed by atoms with Crippen molar-refractivity contribution in [1.29, 1.82) is 0 Å². The highest BCUT2D eigenvalue weighted by Gasteiger charge is 2.34. The van der Waals surface area contributed by atoms with Crippen molar-refractivity contribution in [2.75, 3.05) is 11.5 Å². The van der Waals surface area contributed by atoms with Crippen LogP contribution in [0.15, 0.2) is 146 Å². The van der Waals surface area contributed by atoms with E-state index in [1.807, 2.05) is 0 Å². The van der Waals surface area contributed by atoms with Crippen molar-refractivity contribution in [3.63, 3.8) is 0 Å². The first-order chi connectivity index (χ1) is 19.1. The minimum absolute atomic E-state index is 0.136. The molecule has 0 radical (unpaired) electrons. The zero-order valence-electron chi connectivity index (χ0n) is 22.7. The lowest BCUT2D eigenvalue weighted by atomic mass is 9.75. The average molecular weight is 523 g/mol. The molecule has 0 heterocycles. The highest BCUT2D eigenvalue weighted by molar-refractivity contribution is 7.99. The molecule has 6 aromatic carbocycles. The molecule has 0 N–H and O–H groups in total. The van der Waals surface area contributed by atoms with Gasteiger partial charge in [0.25, 0.3) is 0 Å². The van der Waals surface area contributed by atoms with Gasteiger partial charge in [0.15, 0.2) is 0 Å². The van der Waals surface area contributed by atoms with Crippen molar-refractivity contribution in [2.24, 2.45) is 0 Å². The molecule has 39 heavy (non-hydrogen) atoms. The van der Waals surface area contributed by atoms with Crippen molar-refractivity contribution in [2.45, 2.75) is 24.7 Å². The molecule has 0 aromatic heterocycles. The van der Waals surface area contributed by atoms with Crippen LogP contribution in [0.1, 0.15) is 36.1 Å². The standard InChI is InChI=1S/C38H34S/c1-37(31-19-5-3-6-20-31,35-25-13-17-29-15-9-11-23-33(29)35)27-39-28-38(2,32-21-7-4-8-22-32)36-26-14-18-30-16-10-12-24-34(30)36/h3-26H,27-28H2,1-2H3. The molecule has 0 nitrogen and oxygen atoms in total. The molecule has 0 saturated heterocycles. The number of hydrogen-bond donors (Lipinski definition) is 0. The van der Waals surface area contributed by atoms with Crippen LogP contribution in [0.25, 0.3) is 21.5 Å². The summed E-state index contributed by atoms with van der Waals surface area (Å²) in [6.45, 7) is 4.85. The second kappa shape index (κ2) is 10.8. The largest absolute Gasteiger partial charge is 0.159 e. The Balaban J connectivity index is 1.42. The van der Waals surface area contributed by atoms with Crippen molar-refractivity contribution in [3.8, 4) is 0 Å². The number of fused-ring (bicyclic) bond motifs is 2. The van der Waals surface area contributed by atoms with E-state index in [4.69, 9.17) is 0 Å². The van der Waals surface area contributed by atoms with Gasteiger partial charge in [-0.05, 0) is 43.8 Å². The van der Waals surface area contributed by atoms with E-state index >= 15 is 0 Å². The quantitative estimate of drug-likeness (QED) is 0.192. The third-order valence-corrected chi connectivity index (χ3v) is 9.93. The van der Waals surface area contributed by atoms with Gasteiger partial charge in [0.05, 0.1) is 0 Å². The van der Waals surface area contributed by atoms with Gasteiger partial charge in [-0.15, -0.1) is 0 Å². The molecule has 0 aliphatic heterocycles. The van der Waals surface area contributed by atoms with Gasteiger partial charge in [-0.3, -0.25) is 0 Å². The predicted octanol–water partition coefficient (Wildman–Crippen LogP) is 10.0. The van der Waals surface area contributed by atoms with Crippen LogP contribution in [0.3, 0.4) is 0 Å².